The highest BCUT2D eigenvalue weighted by molar-refractivity contribution is 5.85. The minimum atomic E-state index is 0. The maximum Gasteiger partial charge on any atom is 0.216 e. The first-order valence-electron chi connectivity index (χ1n) is 4.61. The van der Waals surface area contributed by atoms with Crippen LogP contribution in [0.4, 0.5) is 0 Å². The van der Waals surface area contributed by atoms with E-state index in [4.69, 9.17) is 4.74 Å². The van der Waals surface area contributed by atoms with Gasteiger partial charge in [-0.1, -0.05) is 6.07 Å². The number of hydrogen-bond donors (Lipinski definition) is 1. The molecule has 1 aliphatic rings. The second kappa shape index (κ2) is 6.88. The van der Waals surface area contributed by atoms with Crippen LogP contribution in [0.25, 0.3) is 0 Å². The summed E-state index contributed by atoms with van der Waals surface area (Å²) in [5.41, 5.74) is 1.23. The van der Waals surface area contributed by atoms with Crippen molar-refractivity contribution in [3.05, 3.63) is 23.9 Å². The van der Waals surface area contributed by atoms with Gasteiger partial charge in [0.2, 0.25) is 5.88 Å². The summed E-state index contributed by atoms with van der Waals surface area (Å²) in [6, 6.07) is 4.07. The minimum Gasteiger partial charge on any atom is -0.481 e. The molecular weight excluding hydrogens is 235 g/mol. The van der Waals surface area contributed by atoms with Crippen molar-refractivity contribution < 1.29 is 4.74 Å². The number of nitrogens with zero attached hydrogens (tertiary/aromatic N) is 1. The van der Waals surface area contributed by atoms with Gasteiger partial charge in [-0.15, -0.1) is 24.8 Å². The van der Waals surface area contributed by atoms with Gasteiger partial charge < -0.3 is 10.1 Å². The van der Waals surface area contributed by atoms with Gasteiger partial charge in [0.05, 0.1) is 7.11 Å². The summed E-state index contributed by atoms with van der Waals surface area (Å²) >= 11 is 0. The zero-order valence-corrected chi connectivity index (χ0v) is 10.2. The van der Waals surface area contributed by atoms with E-state index in [1.807, 2.05) is 6.07 Å². The van der Waals surface area contributed by atoms with Gasteiger partial charge in [-0.3, -0.25) is 0 Å². The van der Waals surface area contributed by atoms with Gasteiger partial charge in [0.1, 0.15) is 0 Å². The van der Waals surface area contributed by atoms with Gasteiger partial charge >= 0.3 is 0 Å². The van der Waals surface area contributed by atoms with Crippen LogP contribution >= 0.6 is 24.8 Å². The third-order valence-electron chi connectivity index (χ3n) is 2.49. The van der Waals surface area contributed by atoms with E-state index >= 15 is 0 Å². The van der Waals surface area contributed by atoms with Crippen molar-refractivity contribution in [2.45, 2.75) is 12.3 Å². The van der Waals surface area contributed by atoms with Crippen LogP contribution in [0.5, 0.6) is 5.88 Å². The van der Waals surface area contributed by atoms with E-state index in [-0.39, 0.29) is 24.8 Å². The molecule has 86 valence electrons. The van der Waals surface area contributed by atoms with Crippen molar-refractivity contribution in [2.75, 3.05) is 20.2 Å². The Morgan fingerprint density at radius 1 is 1.47 bits per heavy atom. The molecule has 5 heteroatoms. The molecule has 1 unspecified atom stereocenters. The number of hydrogen-bond acceptors (Lipinski definition) is 3. The maximum atomic E-state index is 5.22. The number of aromatic nitrogens is 1. The van der Waals surface area contributed by atoms with E-state index < -0.39 is 0 Å². The Hall–Kier alpha value is -0.510. The number of halogens is 2. The first-order valence-corrected chi connectivity index (χ1v) is 4.61. The molecule has 15 heavy (non-hydrogen) atoms. The number of pyridine rings is 1. The number of ether oxygens (including phenoxy) is 1. The molecule has 0 saturated carbocycles. The average Bonchev–Trinajstić information content (AvgIpc) is 2.70. The molecule has 2 heterocycles. The topological polar surface area (TPSA) is 34.1 Å². The fourth-order valence-electron chi connectivity index (χ4n) is 1.80. The van der Waals surface area contributed by atoms with Gasteiger partial charge in [-0.05, 0) is 19.0 Å². The Morgan fingerprint density at radius 3 is 2.87 bits per heavy atom. The average molecular weight is 251 g/mol. The van der Waals surface area contributed by atoms with Crippen LogP contribution in [0.2, 0.25) is 0 Å². The SMILES string of the molecule is COc1ncccc1C1CCNC1.Cl.Cl. The predicted molar refractivity (Wildman–Crippen MR) is 65.5 cm³/mol. The normalized spacial score (nSPS) is 18.9. The molecule has 1 aliphatic heterocycles. The van der Waals surface area contributed by atoms with E-state index in [1.165, 1.54) is 12.0 Å². The lowest BCUT2D eigenvalue weighted by molar-refractivity contribution is 0.389. The Labute approximate surface area is 102 Å². The summed E-state index contributed by atoms with van der Waals surface area (Å²) in [5.74, 6) is 1.35. The molecule has 1 saturated heterocycles. The van der Waals surface area contributed by atoms with Gasteiger partial charge in [0.25, 0.3) is 0 Å². The molecule has 1 aromatic rings. The van der Waals surface area contributed by atoms with Crippen molar-refractivity contribution in [3.63, 3.8) is 0 Å². The summed E-state index contributed by atoms with van der Waals surface area (Å²) in [6.07, 6.45) is 2.95. The fraction of sp³-hybridized carbons (Fsp3) is 0.500. The third-order valence-corrected chi connectivity index (χ3v) is 2.49. The van der Waals surface area contributed by atoms with E-state index in [9.17, 15) is 0 Å². The van der Waals surface area contributed by atoms with Crippen LogP contribution in [0, 0.1) is 0 Å². The second-order valence-corrected chi connectivity index (χ2v) is 3.29. The summed E-state index contributed by atoms with van der Waals surface area (Å²) in [5, 5.41) is 3.34. The first-order chi connectivity index (χ1) is 6.42. The van der Waals surface area contributed by atoms with Gasteiger partial charge in [0, 0.05) is 24.2 Å². The lowest BCUT2D eigenvalue weighted by Crippen LogP contribution is -2.09. The van der Waals surface area contributed by atoms with E-state index in [1.54, 1.807) is 13.3 Å². The molecule has 1 atom stereocenters. The molecule has 1 aromatic heterocycles. The fourth-order valence-corrected chi connectivity index (χ4v) is 1.80. The Bertz CT molecular complexity index is 291. The summed E-state index contributed by atoms with van der Waals surface area (Å²) in [6.45, 7) is 2.14. The highest BCUT2D eigenvalue weighted by atomic mass is 35.5. The van der Waals surface area contributed by atoms with Crippen LogP contribution < -0.4 is 10.1 Å². The van der Waals surface area contributed by atoms with E-state index in [0.29, 0.717) is 5.92 Å². The van der Waals surface area contributed by atoms with E-state index in [0.717, 1.165) is 19.0 Å². The van der Waals surface area contributed by atoms with Crippen molar-refractivity contribution in [3.8, 4) is 5.88 Å². The summed E-state index contributed by atoms with van der Waals surface area (Å²) in [7, 11) is 1.67. The molecule has 0 radical (unpaired) electrons. The Balaban J connectivity index is 0.000000980. The largest absolute Gasteiger partial charge is 0.481 e. The molecule has 0 spiro atoms. The molecule has 0 aliphatic carbocycles. The molecule has 0 bridgehead atoms. The second-order valence-electron chi connectivity index (χ2n) is 3.29. The molecular formula is C10H16Cl2N2O. The predicted octanol–water partition coefficient (Wildman–Crippen LogP) is 2.01. The monoisotopic (exact) mass is 250 g/mol. The molecule has 2 rings (SSSR count). The minimum absolute atomic E-state index is 0. The molecule has 0 aromatic carbocycles. The van der Waals surface area contributed by atoms with Crippen LogP contribution in [-0.4, -0.2) is 25.2 Å². The van der Waals surface area contributed by atoms with Crippen molar-refractivity contribution >= 4 is 24.8 Å². The standard InChI is InChI=1S/C10H14N2O.2ClH/c1-13-10-9(3-2-5-12-10)8-4-6-11-7-8;;/h2-3,5,8,11H,4,6-7H2,1H3;2*1H. The van der Waals surface area contributed by atoms with Crippen LogP contribution in [0.3, 0.4) is 0 Å². The van der Waals surface area contributed by atoms with Crippen molar-refractivity contribution in [1.29, 1.82) is 0 Å². The number of rotatable bonds is 2. The lowest BCUT2D eigenvalue weighted by atomic mass is 10.00. The Kier molecular flexibility index (Phi) is 6.65. The summed E-state index contributed by atoms with van der Waals surface area (Å²) < 4.78 is 5.22. The van der Waals surface area contributed by atoms with Crippen molar-refractivity contribution in [2.24, 2.45) is 0 Å². The number of nitrogens with one attached hydrogen (secondary N) is 1. The van der Waals surface area contributed by atoms with Crippen molar-refractivity contribution in [1.82, 2.24) is 10.3 Å². The Morgan fingerprint density at radius 2 is 2.27 bits per heavy atom. The molecule has 1 N–H and O–H groups in total. The lowest BCUT2D eigenvalue weighted by Gasteiger charge is -2.11. The highest BCUT2D eigenvalue weighted by Crippen LogP contribution is 2.28. The van der Waals surface area contributed by atoms with Crippen LogP contribution in [0.1, 0.15) is 17.9 Å². The molecule has 0 amide bonds. The quantitative estimate of drug-likeness (QED) is 0.873. The molecule has 3 nitrogen and oxygen atoms in total. The van der Waals surface area contributed by atoms with E-state index in [2.05, 4.69) is 16.4 Å². The van der Waals surface area contributed by atoms with Gasteiger partial charge in [-0.25, -0.2) is 4.98 Å². The summed E-state index contributed by atoms with van der Waals surface area (Å²) in [4.78, 5) is 4.19. The zero-order chi connectivity index (χ0) is 9.10. The third kappa shape index (κ3) is 3.23. The van der Waals surface area contributed by atoms with Crippen LogP contribution in [0.15, 0.2) is 18.3 Å². The van der Waals surface area contributed by atoms with Gasteiger partial charge in [0.15, 0.2) is 0 Å². The molecule has 1 fully saturated rings. The highest BCUT2D eigenvalue weighted by Gasteiger charge is 2.20. The van der Waals surface area contributed by atoms with Gasteiger partial charge in [-0.2, -0.15) is 0 Å². The zero-order valence-electron chi connectivity index (χ0n) is 8.60. The van der Waals surface area contributed by atoms with Crippen LogP contribution in [-0.2, 0) is 0 Å². The smallest absolute Gasteiger partial charge is 0.216 e. The maximum absolute atomic E-state index is 5.22. The first kappa shape index (κ1) is 14.5. The number of methoxy groups -OCH3 is 1.